The largest absolute Gasteiger partial charge is 0.481 e. The van der Waals surface area contributed by atoms with Gasteiger partial charge in [0, 0.05) is 12.6 Å². The zero-order valence-electron chi connectivity index (χ0n) is 11.0. The molecule has 20 heavy (non-hydrogen) atoms. The van der Waals surface area contributed by atoms with Crippen LogP contribution in [0.4, 0.5) is 4.39 Å². The van der Waals surface area contributed by atoms with Gasteiger partial charge in [0.1, 0.15) is 5.82 Å². The molecule has 0 aliphatic carbocycles. The Morgan fingerprint density at radius 2 is 2.15 bits per heavy atom. The SMILES string of the molecule is CC1CC(C(=O)O)CCN1S(=O)(=O)c1cccc(F)c1. The fourth-order valence-electron chi connectivity index (χ4n) is 2.49. The van der Waals surface area contributed by atoms with Crippen molar-refractivity contribution in [1.82, 2.24) is 4.31 Å². The molecule has 0 spiro atoms. The topological polar surface area (TPSA) is 74.7 Å². The van der Waals surface area contributed by atoms with E-state index in [1.54, 1.807) is 6.92 Å². The van der Waals surface area contributed by atoms with Crippen molar-refractivity contribution >= 4 is 16.0 Å². The van der Waals surface area contributed by atoms with E-state index >= 15 is 0 Å². The molecule has 0 radical (unpaired) electrons. The van der Waals surface area contributed by atoms with Crippen LogP contribution in [0.25, 0.3) is 0 Å². The van der Waals surface area contributed by atoms with Gasteiger partial charge in [0.15, 0.2) is 0 Å². The summed E-state index contributed by atoms with van der Waals surface area (Å²) in [6, 6.07) is 4.42. The molecule has 1 aliphatic rings. The Bertz CT molecular complexity index is 617. The fourth-order valence-corrected chi connectivity index (χ4v) is 4.18. The highest BCUT2D eigenvalue weighted by atomic mass is 32.2. The van der Waals surface area contributed by atoms with Crippen molar-refractivity contribution < 1.29 is 22.7 Å². The third-order valence-corrected chi connectivity index (χ3v) is 5.58. The first kappa shape index (κ1) is 14.9. The van der Waals surface area contributed by atoms with E-state index in [0.29, 0.717) is 0 Å². The number of nitrogens with zero attached hydrogens (tertiary/aromatic N) is 1. The quantitative estimate of drug-likeness (QED) is 0.922. The van der Waals surface area contributed by atoms with Gasteiger partial charge in [0.2, 0.25) is 10.0 Å². The molecular formula is C13H16FNO4S. The second-order valence-corrected chi connectivity index (χ2v) is 6.87. The Labute approximate surface area is 117 Å². The first-order valence-corrected chi connectivity index (χ1v) is 7.76. The molecule has 1 N–H and O–H groups in total. The van der Waals surface area contributed by atoms with Gasteiger partial charge in [-0.3, -0.25) is 4.79 Å². The van der Waals surface area contributed by atoms with E-state index < -0.39 is 33.8 Å². The highest BCUT2D eigenvalue weighted by Gasteiger charge is 2.36. The van der Waals surface area contributed by atoms with Crippen molar-refractivity contribution in [2.75, 3.05) is 6.54 Å². The number of hydrogen-bond acceptors (Lipinski definition) is 3. The molecule has 2 rings (SSSR count). The molecule has 110 valence electrons. The zero-order chi connectivity index (χ0) is 14.9. The van der Waals surface area contributed by atoms with Crippen molar-refractivity contribution in [3.63, 3.8) is 0 Å². The number of piperidine rings is 1. The number of benzene rings is 1. The van der Waals surface area contributed by atoms with E-state index in [-0.39, 0.29) is 24.3 Å². The van der Waals surface area contributed by atoms with Crippen molar-refractivity contribution in [2.24, 2.45) is 5.92 Å². The Kier molecular flexibility index (Phi) is 4.10. The summed E-state index contributed by atoms with van der Waals surface area (Å²) in [6.07, 6.45) is 0.540. The number of carboxylic acids is 1. The third kappa shape index (κ3) is 2.83. The second kappa shape index (κ2) is 5.49. The standard InChI is InChI=1S/C13H16FNO4S/c1-9-7-10(13(16)17)5-6-15(9)20(18,19)12-4-2-3-11(14)8-12/h2-4,8-10H,5-7H2,1H3,(H,16,17). The van der Waals surface area contributed by atoms with Crippen LogP contribution in [0.1, 0.15) is 19.8 Å². The van der Waals surface area contributed by atoms with E-state index in [1.165, 1.54) is 22.5 Å². The summed E-state index contributed by atoms with van der Waals surface area (Å²) in [5.74, 6) is -2.04. The normalized spacial score (nSPS) is 24.5. The number of halogens is 1. The number of aliphatic carboxylic acids is 1. The average molecular weight is 301 g/mol. The molecule has 0 amide bonds. The highest BCUT2D eigenvalue weighted by molar-refractivity contribution is 7.89. The van der Waals surface area contributed by atoms with Gasteiger partial charge in [0.25, 0.3) is 0 Å². The molecule has 1 heterocycles. The maximum absolute atomic E-state index is 13.2. The lowest BCUT2D eigenvalue weighted by atomic mass is 9.93. The van der Waals surface area contributed by atoms with Gasteiger partial charge in [-0.2, -0.15) is 4.31 Å². The average Bonchev–Trinajstić information content (AvgIpc) is 2.38. The molecule has 2 atom stereocenters. The van der Waals surface area contributed by atoms with Gasteiger partial charge in [-0.1, -0.05) is 6.07 Å². The van der Waals surface area contributed by atoms with Crippen LogP contribution < -0.4 is 0 Å². The number of carbonyl (C=O) groups is 1. The number of rotatable bonds is 3. The Morgan fingerprint density at radius 1 is 1.45 bits per heavy atom. The third-order valence-electron chi connectivity index (χ3n) is 3.57. The molecular weight excluding hydrogens is 285 g/mol. The van der Waals surface area contributed by atoms with Crippen molar-refractivity contribution in [3.05, 3.63) is 30.1 Å². The lowest BCUT2D eigenvalue weighted by Gasteiger charge is -2.35. The molecule has 1 aromatic carbocycles. The molecule has 1 fully saturated rings. The minimum Gasteiger partial charge on any atom is -0.481 e. The van der Waals surface area contributed by atoms with E-state index in [4.69, 9.17) is 5.11 Å². The molecule has 0 saturated carbocycles. The van der Waals surface area contributed by atoms with Crippen LogP contribution >= 0.6 is 0 Å². The van der Waals surface area contributed by atoms with Crippen molar-refractivity contribution in [2.45, 2.75) is 30.7 Å². The van der Waals surface area contributed by atoms with Crippen molar-refractivity contribution in [1.29, 1.82) is 0 Å². The summed E-state index contributed by atoms with van der Waals surface area (Å²) in [7, 11) is -3.78. The molecule has 1 saturated heterocycles. The smallest absolute Gasteiger partial charge is 0.306 e. The number of hydrogen-bond donors (Lipinski definition) is 1. The van der Waals surface area contributed by atoms with Gasteiger partial charge < -0.3 is 5.11 Å². The first-order valence-electron chi connectivity index (χ1n) is 6.32. The summed E-state index contributed by atoms with van der Waals surface area (Å²) in [4.78, 5) is 10.9. The first-order chi connectivity index (χ1) is 9.32. The second-order valence-electron chi connectivity index (χ2n) is 4.98. The summed E-state index contributed by atoms with van der Waals surface area (Å²) in [6.45, 7) is 1.81. The van der Waals surface area contributed by atoms with Gasteiger partial charge in [-0.05, 0) is 38.0 Å². The van der Waals surface area contributed by atoms with Crippen LogP contribution in [-0.4, -0.2) is 36.4 Å². The molecule has 7 heteroatoms. The lowest BCUT2D eigenvalue weighted by Crippen LogP contribution is -2.45. The summed E-state index contributed by atoms with van der Waals surface area (Å²) >= 11 is 0. The predicted molar refractivity (Wildman–Crippen MR) is 70.1 cm³/mol. The fraction of sp³-hybridized carbons (Fsp3) is 0.462. The Balaban J connectivity index is 2.25. The molecule has 5 nitrogen and oxygen atoms in total. The van der Waals surface area contributed by atoms with Gasteiger partial charge >= 0.3 is 5.97 Å². The number of sulfonamides is 1. The molecule has 1 aliphatic heterocycles. The van der Waals surface area contributed by atoms with E-state index in [0.717, 1.165) is 6.07 Å². The van der Waals surface area contributed by atoms with Crippen LogP contribution in [0.5, 0.6) is 0 Å². The summed E-state index contributed by atoms with van der Waals surface area (Å²) in [5, 5.41) is 8.98. The Morgan fingerprint density at radius 3 is 2.70 bits per heavy atom. The van der Waals surface area contributed by atoms with Gasteiger partial charge in [-0.25, -0.2) is 12.8 Å². The minimum absolute atomic E-state index is 0.0990. The van der Waals surface area contributed by atoms with Crippen LogP contribution in [0.15, 0.2) is 29.2 Å². The summed E-state index contributed by atoms with van der Waals surface area (Å²) < 4.78 is 39.3. The number of carboxylic acid groups (broad SMARTS) is 1. The molecule has 1 aromatic rings. The Hall–Kier alpha value is -1.47. The monoisotopic (exact) mass is 301 g/mol. The van der Waals surface area contributed by atoms with Gasteiger partial charge in [-0.15, -0.1) is 0 Å². The maximum atomic E-state index is 13.2. The van der Waals surface area contributed by atoms with Gasteiger partial charge in [0.05, 0.1) is 10.8 Å². The highest BCUT2D eigenvalue weighted by Crippen LogP contribution is 2.28. The zero-order valence-corrected chi connectivity index (χ0v) is 11.8. The van der Waals surface area contributed by atoms with Crippen LogP contribution in [0, 0.1) is 11.7 Å². The molecule has 0 bridgehead atoms. The van der Waals surface area contributed by atoms with Crippen LogP contribution in [-0.2, 0) is 14.8 Å². The van der Waals surface area contributed by atoms with E-state index in [1.807, 2.05) is 0 Å². The lowest BCUT2D eigenvalue weighted by molar-refractivity contribution is -0.143. The molecule has 2 unspecified atom stereocenters. The molecule has 0 aromatic heterocycles. The van der Waals surface area contributed by atoms with Crippen molar-refractivity contribution in [3.8, 4) is 0 Å². The minimum atomic E-state index is -3.78. The maximum Gasteiger partial charge on any atom is 0.306 e. The predicted octanol–water partition coefficient (Wildman–Crippen LogP) is 1.70. The van der Waals surface area contributed by atoms with Crippen LogP contribution in [0.3, 0.4) is 0 Å². The summed E-state index contributed by atoms with van der Waals surface area (Å²) in [5.41, 5.74) is 0. The van der Waals surface area contributed by atoms with E-state index in [2.05, 4.69) is 0 Å². The van der Waals surface area contributed by atoms with E-state index in [9.17, 15) is 17.6 Å². The van der Waals surface area contributed by atoms with Crippen LogP contribution in [0.2, 0.25) is 0 Å².